The molecule has 2 amide bonds. The van der Waals surface area contributed by atoms with Crippen molar-refractivity contribution in [1.29, 1.82) is 0 Å². The Morgan fingerprint density at radius 2 is 1.82 bits per heavy atom. The average molecular weight is 315 g/mol. The minimum atomic E-state index is -0.213. The number of hydrogen-bond donors (Lipinski definition) is 2. The lowest BCUT2D eigenvalue weighted by molar-refractivity contribution is 0.249. The normalized spacial score (nSPS) is 14.3. The molecule has 0 aliphatic heterocycles. The van der Waals surface area contributed by atoms with Crippen LogP contribution in [0.4, 0.5) is 10.5 Å². The fraction of sp³-hybridized carbons (Fsp3) is 0.278. The van der Waals surface area contributed by atoms with Gasteiger partial charge in [-0.25, -0.2) is 4.79 Å². The molecule has 2 N–H and O–H groups in total. The third kappa shape index (κ3) is 3.42. The third-order valence-electron chi connectivity index (χ3n) is 4.07. The van der Waals surface area contributed by atoms with Crippen LogP contribution in [0, 0.1) is 0 Å². The van der Waals surface area contributed by atoms with Gasteiger partial charge in [-0.1, -0.05) is 29.8 Å². The van der Waals surface area contributed by atoms with Gasteiger partial charge in [0.1, 0.15) is 0 Å². The van der Waals surface area contributed by atoms with E-state index in [9.17, 15) is 4.79 Å². The number of carbonyl (C=O) groups excluding carboxylic acids is 1. The summed E-state index contributed by atoms with van der Waals surface area (Å²) in [7, 11) is 0. The van der Waals surface area contributed by atoms with Crippen molar-refractivity contribution in [3.05, 3.63) is 64.2 Å². The first-order valence-electron chi connectivity index (χ1n) is 7.56. The molecule has 1 atom stereocenters. The largest absolute Gasteiger partial charge is 0.331 e. The van der Waals surface area contributed by atoms with E-state index in [1.807, 2.05) is 6.92 Å². The Labute approximate surface area is 135 Å². The van der Waals surface area contributed by atoms with E-state index < -0.39 is 0 Å². The standard InChI is InChI=1S/C18H19ClN2O/c1-12(14-6-5-13-3-2-4-15(13)11-14)20-18(22)21-17-9-7-16(19)8-10-17/h5-12H,2-4H2,1H3,(H2,20,21,22). The molecular formula is C18H19ClN2O. The lowest BCUT2D eigenvalue weighted by Crippen LogP contribution is -2.31. The molecular weight excluding hydrogens is 296 g/mol. The summed E-state index contributed by atoms with van der Waals surface area (Å²) < 4.78 is 0. The smallest absolute Gasteiger partial charge is 0.319 e. The lowest BCUT2D eigenvalue weighted by atomic mass is 10.0. The number of nitrogens with one attached hydrogen (secondary N) is 2. The van der Waals surface area contributed by atoms with Crippen LogP contribution in [0.3, 0.4) is 0 Å². The maximum absolute atomic E-state index is 12.1. The molecule has 1 aliphatic carbocycles. The monoisotopic (exact) mass is 314 g/mol. The summed E-state index contributed by atoms with van der Waals surface area (Å²) in [6.07, 6.45) is 3.55. The molecule has 4 heteroatoms. The molecule has 0 saturated carbocycles. The van der Waals surface area contributed by atoms with E-state index >= 15 is 0 Å². The molecule has 1 unspecified atom stereocenters. The molecule has 114 valence electrons. The summed E-state index contributed by atoms with van der Waals surface area (Å²) in [6.45, 7) is 2.00. The molecule has 0 saturated heterocycles. The van der Waals surface area contributed by atoms with Crippen molar-refractivity contribution in [2.24, 2.45) is 0 Å². The van der Waals surface area contributed by atoms with Crippen LogP contribution in [0.5, 0.6) is 0 Å². The number of aryl methyl sites for hydroxylation is 2. The van der Waals surface area contributed by atoms with Crippen LogP contribution in [-0.4, -0.2) is 6.03 Å². The molecule has 0 heterocycles. The summed E-state index contributed by atoms with van der Waals surface area (Å²) >= 11 is 5.83. The van der Waals surface area contributed by atoms with Crippen molar-refractivity contribution in [1.82, 2.24) is 5.32 Å². The fourth-order valence-corrected chi connectivity index (χ4v) is 2.97. The van der Waals surface area contributed by atoms with Crippen molar-refractivity contribution < 1.29 is 4.79 Å². The average Bonchev–Trinajstić information content (AvgIpc) is 2.97. The van der Waals surface area contributed by atoms with Crippen molar-refractivity contribution in [3.8, 4) is 0 Å². The van der Waals surface area contributed by atoms with Crippen molar-refractivity contribution in [3.63, 3.8) is 0 Å². The van der Waals surface area contributed by atoms with Gasteiger partial charge in [-0.05, 0) is 67.1 Å². The van der Waals surface area contributed by atoms with Crippen LogP contribution in [0.1, 0.15) is 36.1 Å². The first-order chi connectivity index (χ1) is 10.6. The second-order valence-electron chi connectivity index (χ2n) is 5.71. The van der Waals surface area contributed by atoms with Crippen molar-refractivity contribution >= 4 is 23.3 Å². The van der Waals surface area contributed by atoms with Gasteiger partial charge in [0.2, 0.25) is 0 Å². The highest BCUT2D eigenvalue weighted by Gasteiger charge is 2.14. The maximum atomic E-state index is 12.1. The molecule has 1 aliphatic rings. The zero-order valence-corrected chi connectivity index (χ0v) is 13.3. The molecule has 2 aromatic carbocycles. The highest BCUT2D eigenvalue weighted by Crippen LogP contribution is 2.25. The number of carbonyl (C=O) groups is 1. The zero-order chi connectivity index (χ0) is 15.5. The van der Waals surface area contributed by atoms with E-state index in [2.05, 4.69) is 28.8 Å². The minimum Gasteiger partial charge on any atom is -0.331 e. The van der Waals surface area contributed by atoms with E-state index in [4.69, 9.17) is 11.6 Å². The van der Waals surface area contributed by atoms with E-state index in [1.54, 1.807) is 24.3 Å². The predicted octanol–water partition coefficient (Wildman–Crippen LogP) is 4.71. The third-order valence-corrected chi connectivity index (χ3v) is 4.32. The van der Waals surface area contributed by atoms with Crippen LogP contribution in [0.25, 0.3) is 0 Å². The Morgan fingerprint density at radius 3 is 2.59 bits per heavy atom. The Morgan fingerprint density at radius 1 is 1.09 bits per heavy atom. The van der Waals surface area contributed by atoms with Crippen LogP contribution >= 0.6 is 11.6 Å². The second kappa shape index (κ2) is 6.41. The molecule has 0 bridgehead atoms. The van der Waals surface area contributed by atoms with Gasteiger partial charge in [0, 0.05) is 10.7 Å². The van der Waals surface area contributed by atoms with Crippen LogP contribution in [0.2, 0.25) is 5.02 Å². The topological polar surface area (TPSA) is 41.1 Å². The van der Waals surface area contributed by atoms with Crippen LogP contribution in [-0.2, 0) is 12.8 Å². The van der Waals surface area contributed by atoms with Gasteiger partial charge in [-0.2, -0.15) is 0 Å². The van der Waals surface area contributed by atoms with E-state index in [1.165, 1.54) is 24.0 Å². The summed E-state index contributed by atoms with van der Waals surface area (Å²) in [5.41, 5.74) is 4.74. The minimum absolute atomic E-state index is 0.0294. The van der Waals surface area contributed by atoms with Gasteiger partial charge in [0.05, 0.1) is 6.04 Å². The van der Waals surface area contributed by atoms with Gasteiger partial charge in [-0.15, -0.1) is 0 Å². The quantitative estimate of drug-likeness (QED) is 0.846. The van der Waals surface area contributed by atoms with E-state index in [-0.39, 0.29) is 12.1 Å². The van der Waals surface area contributed by atoms with Crippen molar-refractivity contribution in [2.45, 2.75) is 32.2 Å². The Hall–Kier alpha value is -2.00. The summed E-state index contributed by atoms with van der Waals surface area (Å²) in [6, 6.07) is 13.3. The molecule has 0 spiro atoms. The van der Waals surface area contributed by atoms with Crippen LogP contribution in [0.15, 0.2) is 42.5 Å². The highest BCUT2D eigenvalue weighted by atomic mass is 35.5. The molecule has 3 nitrogen and oxygen atoms in total. The summed E-state index contributed by atoms with van der Waals surface area (Å²) in [5, 5.41) is 6.43. The van der Waals surface area contributed by atoms with Gasteiger partial charge in [0.25, 0.3) is 0 Å². The number of halogens is 1. The number of anilines is 1. The first kappa shape index (κ1) is 14.9. The number of rotatable bonds is 3. The van der Waals surface area contributed by atoms with Gasteiger partial charge >= 0.3 is 6.03 Å². The fourth-order valence-electron chi connectivity index (χ4n) is 2.84. The number of fused-ring (bicyclic) bond motifs is 1. The molecule has 0 radical (unpaired) electrons. The highest BCUT2D eigenvalue weighted by molar-refractivity contribution is 6.30. The van der Waals surface area contributed by atoms with Crippen LogP contribution < -0.4 is 10.6 Å². The maximum Gasteiger partial charge on any atom is 0.319 e. The Bertz CT molecular complexity index is 682. The second-order valence-corrected chi connectivity index (χ2v) is 6.15. The molecule has 0 aromatic heterocycles. The molecule has 22 heavy (non-hydrogen) atoms. The van der Waals surface area contributed by atoms with E-state index in [0.717, 1.165) is 17.7 Å². The van der Waals surface area contributed by atoms with Gasteiger partial charge < -0.3 is 10.6 Å². The lowest BCUT2D eigenvalue weighted by Gasteiger charge is -2.16. The number of urea groups is 1. The predicted molar refractivity (Wildman–Crippen MR) is 90.5 cm³/mol. The number of benzene rings is 2. The summed E-state index contributed by atoms with van der Waals surface area (Å²) in [4.78, 5) is 12.1. The van der Waals surface area contributed by atoms with E-state index in [0.29, 0.717) is 5.02 Å². The SMILES string of the molecule is CC(NC(=O)Nc1ccc(Cl)cc1)c1ccc2c(c1)CCC2. The van der Waals surface area contributed by atoms with Gasteiger partial charge in [-0.3, -0.25) is 0 Å². The van der Waals surface area contributed by atoms with Crippen molar-refractivity contribution in [2.75, 3.05) is 5.32 Å². The Kier molecular flexibility index (Phi) is 4.34. The molecule has 3 rings (SSSR count). The summed E-state index contributed by atoms with van der Waals surface area (Å²) in [5.74, 6) is 0. The van der Waals surface area contributed by atoms with Gasteiger partial charge in [0.15, 0.2) is 0 Å². The zero-order valence-electron chi connectivity index (χ0n) is 12.5. The Balaban J connectivity index is 1.62. The number of amides is 2. The first-order valence-corrected chi connectivity index (χ1v) is 7.94. The molecule has 2 aromatic rings. The molecule has 0 fully saturated rings. The number of hydrogen-bond acceptors (Lipinski definition) is 1.